The lowest BCUT2D eigenvalue weighted by Crippen LogP contribution is -2.36. The van der Waals surface area contributed by atoms with E-state index in [9.17, 15) is 14.7 Å². The summed E-state index contributed by atoms with van der Waals surface area (Å²) in [6, 6.07) is 19.2. The third-order valence-corrected chi connectivity index (χ3v) is 6.25. The van der Waals surface area contributed by atoms with Gasteiger partial charge >= 0.3 is 0 Å². The predicted octanol–water partition coefficient (Wildman–Crippen LogP) is 3.73. The lowest BCUT2D eigenvalue weighted by atomic mass is 10.1. The van der Waals surface area contributed by atoms with Gasteiger partial charge in [0, 0.05) is 12.1 Å². The smallest absolute Gasteiger partial charge is 0.265 e. The van der Waals surface area contributed by atoms with E-state index in [1.165, 1.54) is 0 Å². The predicted molar refractivity (Wildman–Crippen MR) is 138 cm³/mol. The first kappa shape index (κ1) is 25.7. The van der Waals surface area contributed by atoms with E-state index in [4.69, 9.17) is 14.7 Å². The zero-order valence-corrected chi connectivity index (χ0v) is 20.9. The first-order chi connectivity index (χ1) is 17.7. The van der Waals surface area contributed by atoms with Crippen LogP contribution in [0.4, 0.5) is 5.69 Å². The van der Waals surface area contributed by atoms with Crippen LogP contribution in [0, 0.1) is 25.2 Å². The van der Waals surface area contributed by atoms with Crippen molar-refractivity contribution in [3.05, 3.63) is 88.5 Å². The number of hydrogen-bond acceptors (Lipinski definition) is 6. The molecule has 0 aliphatic heterocycles. The van der Waals surface area contributed by atoms with E-state index in [-0.39, 0.29) is 18.4 Å². The summed E-state index contributed by atoms with van der Waals surface area (Å²) in [5.74, 6) is 0.404. The number of nitriles is 1. The number of rotatable bonds is 8. The van der Waals surface area contributed by atoms with Crippen molar-refractivity contribution >= 4 is 17.5 Å². The summed E-state index contributed by atoms with van der Waals surface area (Å²) in [6.45, 7) is 5.24. The number of benzene rings is 3. The van der Waals surface area contributed by atoms with E-state index in [1.54, 1.807) is 49.4 Å². The standard InChI is InChI=1S/C29H29N3O5/c1-17-4-9-23(10-5-17)36-16-27(34)32-28-24-14-22(8-7-21(24)13-25(28)33)31-29(35)19(3)37-26-11-6-20(15-30)12-18(26)2/h4-12,14,19,25,28,33H,13,16H2,1-3H3,(H,31,35)(H,32,34)/t19-,25+,28+/m1/s1. The fraction of sp³-hybridized carbons (Fsp3) is 0.276. The van der Waals surface area contributed by atoms with E-state index in [2.05, 4.69) is 16.7 Å². The van der Waals surface area contributed by atoms with Crippen LogP contribution in [0.25, 0.3) is 0 Å². The molecule has 3 aromatic rings. The Balaban J connectivity index is 1.38. The van der Waals surface area contributed by atoms with Crippen LogP contribution in [0.1, 0.15) is 40.8 Å². The molecule has 0 saturated heterocycles. The molecule has 0 spiro atoms. The summed E-state index contributed by atoms with van der Waals surface area (Å²) in [4.78, 5) is 25.3. The average molecular weight is 500 g/mol. The van der Waals surface area contributed by atoms with Crippen molar-refractivity contribution in [3.8, 4) is 17.6 Å². The van der Waals surface area contributed by atoms with Gasteiger partial charge in [-0.05, 0) is 79.9 Å². The van der Waals surface area contributed by atoms with E-state index in [0.717, 1.165) is 22.3 Å². The van der Waals surface area contributed by atoms with Gasteiger partial charge in [-0.2, -0.15) is 5.26 Å². The number of aliphatic hydroxyl groups is 1. The zero-order chi connectivity index (χ0) is 26.5. The fourth-order valence-corrected chi connectivity index (χ4v) is 4.21. The lowest BCUT2D eigenvalue weighted by molar-refractivity contribution is -0.124. The molecule has 3 atom stereocenters. The van der Waals surface area contributed by atoms with Gasteiger partial charge in [-0.25, -0.2) is 0 Å². The molecule has 1 aliphatic rings. The molecule has 0 unspecified atom stereocenters. The van der Waals surface area contributed by atoms with Crippen LogP contribution in [0.3, 0.4) is 0 Å². The minimum Gasteiger partial charge on any atom is -0.484 e. The van der Waals surface area contributed by atoms with Crippen LogP contribution >= 0.6 is 0 Å². The Kier molecular flexibility index (Phi) is 7.75. The second kappa shape index (κ2) is 11.1. The number of ether oxygens (including phenoxy) is 2. The third-order valence-electron chi connectivity index (χ3n) is 6.25. The van der Waals surface area contributed by atoms with E-state index >= 15 is 0 Å². The number of aliphatic hydroxyl groups excluding tert-OH is 1. The molecule has 8 nitrogen and oxygen atoms in total. The molecule has 0 fully saturated rings. The van der Waals surface area contributed by atoms with E-state index in [1.807, 2.05) is 32.0 Å². The lowest BCUT2D eigenvalue weighted by Gasteiger charge is -2.19. The molecule has 4 rings (SSSR count). The van der Waals surface area contributed by atoms with Gasteiger partial charge in [-0.15, -0.1) is 0 Å². The monoisotopic (exact) mass is 499 g/mol. The Hall–Kier alpha value is -4.35. The summed E-state index contributed by atoms with van der Waals surface area (Å²) in [5, 5.41) is 25.3. The van der Waals surface area contributed by atoms with Crippen molar-refractivity contribution in [2.75, 3.05) is 11.9 Å². The van der Waals surface area contributed by atoms with Crippen LogP contribution < -0.4 is 20.1 Å². The molecule has 0 heterocycles. The van der Waals surface area contributed by atoms with Crippen molar-refractivity contribution < 1.29 is 24.2 Å². The third kappa shape index (κ3) is 6.26. The average Bonchev–Trinajstić information content (AvgIpc) is 3.18. The van der Waals surface area contributed by atoms with E-state index < -0.39 is 18.2 Å². The second-order valence-corrected chi connectivity index (χ2v) is 9.17. The summed E-state index contributed by atoms with van der Waals surface area (Å²) in [6.07, 6.45) is -1.18. The Morgan fingerprint density at radius 2 is 1.86 bits per heavy atom. The number of amides is 2. The van der Waals surface area contributed by atoms with Gasteiger partial charge in [0.25, 0.3) is 11.8 Å². The van der Waals surface area contributed by atoms with Crippen LogP contribution in [0.5, 0.6) is 11.5 Å². The van der Waals surface area contributed by atoms with Crippen LogP contribution in [-0.4, -0.2) is 35.7 Å². The number of hydrogen-bond donors (Lipinski definition) is 3. The highest BCUT2D eigenvalue weighted by molar-refractivity contribution is 5.94. The van der Waals surface area contributed by atoms with Crippen LogP contribution in [0.2, 0.25) is 0 Å². The van der Waals surface area contributed by atoms with Gasteiger partial charge in [0.05, 0.1) is 23.8 Å². The highest BCUT2D eigenvalue weighted by Crippen LogP contribution is 2.33. The number of nitrogens with one attached hydrogen (secondary N) is 2. The van der Waals surface area contributed by atoms with Gasteiger partial charge < -0.3 is 25.2 Å². The largest absolute Gasteiger partial charge is 0.484 e. The maximum atomic E-state index is 12.8. The molecule has 0 aromatic heterocycles. The van der Waals surface area contributed by atoms with Gasteiger partial charge in [0.1, 0.15) is 11.5 Å². The Labute approximate surface area is 215 Å². The topological polar surface area (TPSA) is 121 Å². The summed E-state index contributed by atoms with van der Waals surface area (Å²) < 4.78 is 11.3. The van der Waals surface area contributed by atoms with Gasteiger partial charge in [0.15, 0.2) is 12.7 Å². The number of fused-ring (bicyclic) bond motifs is 1. The minimum absolute atomic E-state index is 0.179. The number of anilines is 1. The van der Waals surface area contributed by atoms with Crippen molar-refractivity contribution in [1.29, 1.82) is 5.26 Å². The Bertz CT molecular complexity index is 1350. The van der Waals surface area contributed by atoms with Crippen molar-refractivity contribution in [1.82, 2.24) is 5.32 Å². The number of aryl methyl sites for hydroxylation is 2. The molecule has 0 saturated carbocycles. The first-order valence-electron chi connectivity index (χ1n) is 12.0. The summed E-state index contributed by atoms with van der Waals surface area (Å²) in [7, 11) is 0. The molecular formula is C29H29N3O5. The molecule has 3 N–H and O–H groups in total. The number of carbonyl (C=O) groups excluding carboxylic acids is 2. The maximum absolute atomic E-state index is 12.8. The fourth-order valence-electron chi connectivity index (χ4n) is 4.21. The van der Waals surface area contributed by atoms with E-state index in [0.29, 0.717) is 29.2 Å². The number of carbonyl (C=O) groups is 2. The normalized spacial score (nSPS) is 16.7. The Morgan fingerprint density at radius 3 is 2.57 bits per heavy atom. The highest BCUT2D eigenvalue weighted by Gasteiger charge is 2.32. The van der Waals surface area contributed by atoms with Crippen molar-refractivity contribution in [3.63, 3.8) is 0 Å². The molecule has 3 aromatic carbocycles. The molecule has 2 amide bonds. The molecule has 0 bridgehead atoms. The molecule has 190 valence electrons. The van der Waals surface area contributed by atoms with Crippen molar-refractivity contribution in [2.24, 2.45) is 0 Å². The van der Waals surface area contributed by atoms with Gasteiger partial charge in [-0.3, -0.25) is 9.59 Å². The minimum atomic E-state index is -0.792. The molecule has 1 aliphatic carbocycles. The summed E-state index contributed by atoms with van der Waals surface area (Å²) in [5.41, 5.74) is 4.54. The molecule has 0 radical (unpaired) electrons. The van der Waals surface area contributed by atoms with Gasteiger partial charge in [-0.1, -0.05) is 23.8 Å². The maximum Gasteiger partial charge on any atom is 0.265 e. The van der Waals surface area contributed by atoms with Crippen molar-refractivity contribution in [2.45, 2.75) is 45.4 Å². The molecule has 37 heavy (non-hydrogen) atoms. The van der Waals surface area contributed by atoms with Gasteiger partial charge in [0.2, 0.25) is 0 Å². The molecular weight excluding hydrogens is 470 g/mol. The highest BCUT2D eigenvalue weighted by atomic mass is 16.5. The Morgan fingerprint density at radius 1 is 1.11 bits per heavy atom. The quantitative estimate of drug-likeness (QED) is 0.434. The second-order valence-electron chi connectivity index (χ2n) is 9.17. The SMILES string of the molecule is Cc1ccc(OCC(=O)N[C@H]2c3cc(NC(=O)[C@@H](C)Oc4ccc(C#N)cc4C)ccc3C[C@@H]2O)cc1. The number of nitrogens with zero attached hydrogens (tertiary/aromatic N) is 1. The zero-order valence-electron chi connectivity index (χ0n) is 20.9. The van der Waals surface area contributed by atoms with Crippen LogP contribution in [-0.2, 0) is 16.0 Å². The summed E-state index contributed by atoms with van der Waals surface area (Å²) >= 11 is 0. The molecule has 8 heteroatoms. The first-order valence-corrected chi connectivity index (χ1v) is 12.0. The van der Waals surface area contributed by atoms with Crippen LogP contribution in [0.15, 0.2) is 60.7 Å².